The van der Waals surface area contributed by atoms with Crippen molar-refractivity contribution >= 4 is 6.08 Å². The first kappa shape index (κ1) is 10.1. The van der Waals surface area contributed by atoms with Crippen LogP contribution in [0.5, 0.6) is 0 Å². The maximum Gasteiger partial charge on any atom is -0.00881 e. The molecule has 2 unspecified atom stereocenters. The summed E-state index contributed by atoms with van der Waals surface area (Å²) in [6, 6.07) is 6.89. The van der Waals surface area contributed by atoms with Gasteiger partial charge >= 0.3 is 0 Å². The van der Waals surface area contributed by atoms with Crippen molar-refractivity contribution in [2.24, 2.45) is 5.92 Å². The number of hydrogen-bond donors (Lipinski definition) is 0. The molecule has 2 atom stereocenters. The van der Waals surface area contributed by atoms with Gasteiger partial charge in [0.25, 0.3) is 0 Å². The zero-order valence-corrected chi connectivity index (χ0v) is 10.1. The first-order chi connectivity index (χ1) is 7.84. The lowest BCUT2D eigenvalue weighted by Gasteiger charge is -2.28. The minimum absolute atomic E-state index is 0.821. The van der Waals surface area contributed by atoms with Gasteiger partial charge in [-0.3, -0.25) is 0 Å². The lowest BCUT2D eigenvalue weighted by atomic mass is 9.77. The molecule has 0 aromatic heterocycles. The molecule has 0 heterocycles. The second-order valence-electron chi connectivity index (χ2n) is 5.50. The lowest BCUT2D eigenvalue weighted by molar-refractivity contribution is 0.344. The molecule has 0 amide bonds. The Bertz CT molecular complexity index is 414. The van der Waals surface area contributed by atoms with Gasteiger partial charge in [0, 0.05) is 0 Å². The molecule has 0 nitrogen and oxygen atoms in total. The summed E-state index contributed by atoms with van der Waals surface area (Å²) in [7, 11) is 0. The van der Waals surface area contributed by atoms with Crippen molar-refractivity contribution in [3.05, 3.63) is 41.0 Å². The molecule has 0 aliphatic heterocycles. The molecule has 2 aliphatic carbocycles. The summed E-state index contributed by atoms with van der Waals surface area (Å²) in [4.78, 5) is 0. The zero-order valence-electron chi connectivity index (χ0n) is 10.1. The molecular weight excluding hydrogens is 192 g/mol. The van der Waals surface area contributed by atoms with Crippen LogP contribution < -0.4 is 0 Å². The van der Waals surface area contributed by atoms with Gasteiger partial charge < -0.3 is 0 Å². The predicted molar refractivity (Wildman–Crippen MR) is 69.6 cm³/mol. The second kappa shape index (κ2) is 4.08. The van der Waals surface area contributed by atoms with Gasteiger partial charge in [0.2, 0.25) is 0 Å². The van der Waals surface area contributed by atoms with Crippen LogP contribution >= 0.6 is 0 Å². The van der Waals surface area contributed by atoms with E-state index < -0.39 is 0 Å². The summed E-state index contributed by atoms with van der Waals surface area (Å²) < 4.78 is 0. The molecule has 0 spiro atoms. The molecule has 1 fully saturated rings. The molecule has 84 valence electrons. The van der Waals surface area contributed by atoms with Crippen LogP contribution in [-0.4, -0.2) is 0 Å². The molecule has 16 heavy (non-hydrogen) atoms. The van der Waals surface area contributed by atoms with Gasteiger partial charge in [0.15, 0.2) is 0 Å². The molecule has 0 bridgehead atoms. The Morgan fingerprint density at radius 2 is 2.12 bits per heavy atom. The van der Waals surface area contributed by atoms with Gasteiger partial charge in [-0.2, -0.15) is 0 Å². The number of benzene rings is 1. The average Bonchev–Trinajstić information content (AvgIpc) is 2.76. The fraction of sp³-hybridized carbons (Fsp3) is 0.500. The SMILES string of the molecule is CC1CCCC(c2cccc3c2C=CC3)C1. The Morgan fingerprint density at radius 1 is 1.19 bits per heavy atom. The highest BCUT2D eigenvalue weighted by Gasteiger charge is 2.23. The van der Waals surface area contributed by atoms with E-state index in [2.05, 4.69) is 37.3 Å². The van der Waals surface area contributed by atoms with Crippen molar-refractivity contribution in [3.8, 4) is 0 Å². The van der Waals surface area contributed by atoms with Crippen molar-refractivity contribution in [1.29, 1.82) is 0 Å². The number of rotatable bonds is 1. The largest absolute Gasteiger partial charge is 0.0795 e. The van der Waals surface area contributed by atoms with E-state index in [1.54, 1.807) is 11.1 Å². The standard InChI is InChI=1S/C16H20/c1-12-5-2-8-14(11-12)16-10-4-7-13-6-3-9-15(13)16/h3-4,7,9-10,12,14H,2,5-6,8,11H2,1H3. The molecule has 3 rings (SSSR count). The fourth-order valence-electron chi connectivity index (χ4n) is 3.39. The minimum atomic E-state index is 0.821. The van der Waals surface area contributed by atoms with Crippen molar-refractivity contribution in [2.45, 2.75) is 44.9 Å². The maximum atomic E-state index is 2.41. The summed E-state index contributed by atoms with van der Waals surface area (Å²) in [5, 5.41) is 0. The molecule has 0 N–H and O–H groups in total. The van der Waals surface area contributed by atoms with Gasteiger partial charge in [-0.1, -0.05) is 50.1 Å². The Hall–Kier alpha value is -1.04. The Balaban J connectivity index is 1.94. The number of allylic oxidation sites excluding steroid dienone is 1. The van der Waals surface area contributed by atoms with Gasteiger partial charge in [-0.05, 0) is 47.8 Å². The van der Waals surface area contributed by atoms with Crippen LogP contribution in [-0.2, 0) is 6.42 Å². The van der Waals surface area contributed by atoms with E-state index in [0.29, 0.717) is 0 Å². The van der Waals surface area contributed by atoms with Crippen LogP contribution in [0.3, 0.4) is 0 Å². The van der Waals surface area contributed by atoms with E-state index in [1.807, 2.05) is 0 Å². The minimum Gasteiger partial charge on any atom is -0.0795 e. The average molecular weight is 212 g/mol. The van der Waals surface area contributed by atoms with Crippen molar-refractivity contribution in [2.75, 3.05) is 0 Å². The van der Waals surface area contributed by atoms with Crippen molar-refractivity contribution < 1.29 is 0 Å². The van der Waals surface area contributed by atoms with Gasteiger partial charge in [0.1, 0.15) is 0 Å². The van der Waals surface area contributed by atoms with Gasteiger partial charge in [0.05, 0.1) is 0 Å². The lowest BCUT2D eigenvalue weighted by Crippen LogP contribution is -2.12. The van der Waals surface area contributed by atoms with Crippen LogP contribution in [0, 0.1) is 5.92 Å². The third-order valence-electron chi connectivity index (χ3n) is 4.23. The monoisotopic (exact) mass is 212 g/mol. The van der Waals surface area contributed by atoms with E-state index in [1.165, 1.54) is 31.2 Å². The van der Waals surface area contributed by atoms with Crippen LogP contribution in [0.15, 0.2) is 24.3 Å². The fourth-order valence-corrected chi connectivity index (χ4v) is 3.39. The molecular formula is C16H20. The summed E-state index contributed by atoms with van der Waals surface area (Å²) in [6.07, 6.45) is 11.4. The maximum absolute atomic E-state index is 2.41. The van der Waals surface area contributed by atoms with E-state index in [9.17, 15) is 0 Å². The molecule has 0 radical (unpaired) electrons. The normalized spacial score (nSPS) is 28.1. The number of fused-ring (bicyclic) bond motifs is 1. The molecule has 1 saturated carbocycles. The predicted octanol–water partition coefficient (Wildman–Crippen LogP) is 4.55. The topological polar surface area (TPSA) is 0 Å². The summed E-state index contributed by atoms with van der Waals surface area (Å²) in [6.45, 7) is 2.41. The molecule has 0 saturated heterocycles. The Kier molecular flexibility index (Phi) is 2.59. The van der Waals surface area contributed by atoms with E-state index in [4.69, 9.17) is 0 Å². The Morgan fingerprint density at radius 3 is 3.00 bits per heavy atom. The van der Waals surface area contributed by atoms with E-state index in [-0.39, 0.29) is 0 Å². The summed E-state index contributed by atoms with van der Waals surface area (Å²) in [5.74, 6) is 1.74. The highest BCUT2D eigenvalue weighted by molar-refractivity contribution is 5.64. The van der Waals surface area contributed by atoms with E-state index in [0.717, 1.165) is 18.3 Å². The number of hydrogen-bond acceptors (Lipinski definition) is 0. The smallest absolute Gasteiger partial charge is 0.00881 e. The zero-order chi connectivity index (χ0) is 11.0. The third kappa shape index (κ3) is 1.71. The first-order valence-electron chi connectivity index (χ1n) is 6.63. The van der Waals surface area contributed by atoms with Crippen LogP contribution in [0.25, 0.3) is 6.08 Å². The van der Waals surface area contributed by atoms with Crippen molar-refractivity contribution in [3.63, 3.8) is 0 Å². The van der Waals surface area contributed by atoms with Crippen LogP contribution in [0.4, 0.5) is 0 Å². The van der Waals surface area contributed by atoms with E-state index >= 15 is 0 Å². The third-order valence-corrected chi connectivity index (χ3v) is 4.23. The van der Waals surface area contributed by atoms with Crippen LogP contribution in [0.1, 0.15) is 55.2 Å². The highest BCUT2D eigenvalue weighted by atomic mass is 14.3. The molecule has 2 aliphatic rings. The quantitative estimate of drug-likeness (QED) is 0.640. The van der Waals surface area contributed by atoms with Gasteiger partial charge in [-0.15, -0.1) is 0 Å². The van der Waals surface area contributed by atoms with Gasteiger partial charge in [-0.25, -0.2) is 0 Å². The molecule has 1 aromatic rings. The molecule has 1 aromatic carbocycles. The summed E-state index contributed by atoms with van der Waals surface area (Å²) >= 11 is 0. The highest BCUT2D eigenvalue weighted by Crippen LogP contribution is 2.39. The van der Waals surface area contributed by atoms with Crippen LogP contribution in [0.2, 0.25) is 0 Å². The first-order valence-corrected chi connectivity index (χ1v) is 6.63. The summed E-state index contributed by atoms with van der Waals surface area (Å²) in [5.41, 5.74) is 4.70. The van der Waals surface area contributed by atoms with Crippen molar-refractivity contribution in [1.82, 2.24) is 0 Å². The molecule has 0 heteroatoms. The Labute approximate surface area is 98.4 Å². The second-order valence-corrected chi connectivity index (χ2v) is 5.50.